The van der Waals surface area contributed by atoms with E-state index in [0.29, 0.717) is 13.0 Å². The predicted molar refractivity (Wildman–Crippen MR) is 89.6 cm³/mol. The summed E-state index contributed by atoms with van der Waals surface area (Å²) in [5.41, 5.74) is 0.106. The van der Waals surface area contributed by atoms with Crippen molar-refractivity contribution in [2.45, 2.75) is 36.3 Å². The molecule has 1 aromatic rings. The molecule has 11 heteroatoms. The number of carboxylic acids is 1. The molecule has 0 unspecified atom stereocenters. The molecule has 1 aromatic heterocycles. The van der Waals surface area contributed by atoms with Crippen molar-refractivity contribution in [3.8, 4) is 0 Å². The number of thioether (sulfide) groups is 2. The summed E-state index contributed by atoms with van der Waals surface area (Å²) in [5.74, 6) is -0.823. The lowest BCUT2D eigenvalue weighted by Crippen LogP contribution is -2.60. The zero-order valence-corrected chi connectivity index (χ0v) is 15.0. The zero-order valence-electron chi connectivity index (χ0n) is 13.4. The van der Waals surface area contributed by atoms with Gasteiger partial charge in [-0.1, -0.05) is 18.7 Å². The Balaban J connectivity index is 1.58. The largest absolute Gasteiger partial charge is 0.477 e. The van der Waals surface area contributed by atoms with Crippen LogP contribution in [0, 0.1) is 11.8 Å². The summed E-state index contributed by atoms with van der Waals surface area (Å²) in [6, 6.07) is -0.159. The standard InChI is InChI=1S/C14H17N5O4S2/c1-6-9-8(2-3-20)12(21)19(9)10(13(22)23)11(6)25-7-4-18-14(24-5-7)15-16-17-18/h6-9,20H,2-5H2,1H3,(H,22,23)/t6-,7-,8+,9-/m1/s1. The number of aliphatic hydroxyl groups excluding tert-OH is 1. The van der Waals surface area contributed by atoms with Crippen molar-refractivity contribution in [1.29, 1.82) is 0 Å². The Hall–Kier alpha value is -1.59. The van der Waals surface area contributed by atoms with Crippen molar-refractivity contribution in [2.75, 3.05) is 12.4 Å². The van der Waals surface area contributed by atoms with E-state index in [2.05, 4.69) is 15.5 Å². The lowest BCUT2D eigenvalue weighted by molar-refractivity contribution is -0.157. The van der Waals surface area contributed by atoms with Crippen LogP contribution in [0.15, 0.2) is 15.8 Å². The van der Waals surface area contributed by atoms with Crippen LogP contribution < -0.4 is 0 Å². The number of tetrazole rings is 1. The fourth-order valence-corrected chi connectivity index (χ4v) is 6.27. The maximum absolute atomic E-state index is 12.3. The van der Waals surface area contributed by atoms with Crippen molar-refractivity contribution >= 4 is 35.4 Å². The lowest BCUT2D eigenvalue weighted by atomic mass is 9.80. The van der Waals surface area contributed by atoms with Crippen molar-refractivity contribution in [1.82, 2.24) is 25.1 Å². The van der Waals surface area contributed by atoms with Gasteiger partial charge in [0.15, 0.2) is 0 Å². The quantitative estimate of drug-likeness (QED) is 0.678. The van der Waals surface area contributed by atoms with Gasteiger partial charge >= 0.3 is 5.97 Å². The molecule has 3 aliphatic heterocycles. The first-order valence-electron chi connectivity index (χ1n) is 8.00. The molecule has 0 aromatic carbocycles. The van der Waals surface area contributed by atoms with Gasteiger partial charge in [0, 0.05) is 28.4 Å². The van der Waals surface area contributed by atoms with Crippen LogP contribution in [0.3, 0.4) is 0 Å². The summed E-state index contributed by atoms with van der Waals surface area (Å²) >= 11 is 3.06. The first-order valence-corrected chi connectivity index (χ1v) is 9.86. The fraction of sp³-hybridized carbons (Fsp3) is 0.643. The number of aliphatic hydroxyl groups is 1. The number of carbonyl (C=O) groups excluding carboxylic acids is 1. The minimum Gasteiger partial charge on any atom is -0.477 e. The van der Waals surface area contributed by atoms with E-state index in [-0.39, 0.29) is 41.3 Å². The Morgan fingerprint density at radius 3 is 3.00 bits per heavy atom. The number of nitrogens with zero attached hydrogens (tertiary/aromatic N) is 5. The molecule has 0 radical (unpaired) electrons. The smallest absolute Gasteiger partial charge is 0.353 e. The number of fused-ring (bicyclic) bond motifs is 2. The molecule has 0 spiro atoms. The third-order valence-electron chi connectivity index (χ3n) is 4.88. The van der Waals surface area contributed by atoms with Crippen LogP contribution in [0.25, 0.3) is 0 Å². The highest BCUT2D eigenvalue weighted by Crippen LogP contribution is 2.51. The van der Waals surface area contributed by atoms with E-state index in [1.54, 1.807) is 16.4 Å². The molecule has 0 aliphatic carbocycles. The summed E-state index contributed by atoms with van der Waals surface area (Å²) in [4.78, 5) is 26.3. The molecule has 9 nitrogen and oxygen atoms in total. The molecule has 1 saturated heterocycles. The number of aliphatic carboxylic acids is 1. The first kappa shape index (κ1) is 16.9. The Bertz CT molecular complexity index is 766. The van der Waals surface area contributed by atoms with E-state index in [1.165, 1.54) is 16.7 Å². The summed E-state index contributed by atoms with van der Waals surface area (Å²) < 4.78 is 1.72. The van der Waals surface area contributed by atoms with Gasteiger partial charge in [-0.25, -0.2) is 9.48 Å². The number of amides is 1. The SMILES string of the molecule is C[C@H]1C(S[C@H]2CSc3nnnn3C2)=C(C(=O)O)N2C(=O)[C@@H](CCO)[C@@H]12. The van der Waals surface area contributed by atoms with E-state index >= 15 is 0 Å². The van der Waals surface area contributed by atoms with Crippen molar-refractivity contribution < 1.29 is 19.8 Å². The number of carbonyl (C=O) groups is 2. The van der Waals surface area contributed by atoms with Crippen molar-refractivity contribution in [2.24, 2.45) is 11.8 Å². The third kappa shape index (κ3) is 2.56. The van der Waals surface area contributed by atoms with Crippen LogP contribution in [0.1, 0.15) is 13.3 Å². The summed E-state index contributed by atoms with van der Waals surface area (Å²) in [6.07, 6.45) is 0.377. The third-order valence-corrected chi connectivity index (χ3v) is 7.67. The molecular weight excluding hydrogens is 366 g/mol. The lowest BCUT2D eigenvalue weighted by Gasteiger charge is -2.45. The molecule has 4 atom stereocenters. The van der Waals surface area contributed by atoms with Gasteiger partial charge in [0.2, 0.25) is 11.1 Å². The monoisotopic (exact) mass is 383 g/mol. The number of aromatic nitrogens is 4. The van der Waals surface area contributed by atoms with E-state index in [4.69, 9.17) is 0 Å². The van der Waals surface area contributed by atoms with Gasteiger partial charge in [0.1, 0.15) is 5.70 Å². The van der Waals surface area contributed by atoms with Gasteiger partial charge in [0.25, 0.3) is 0 Å². The summed E-state index contributed by atoms with van der Waals surface area (Å²) in [7, 11) is 0. The highest BCUT2D eigenvalue weighted by molar-refractivity contribution is 8.05. The number of hydrogen-bond acceptors (Lipinski definition) is 8. The number of hydrogen-bond donors (Lipinski definition) is 2. The van der Waals surface area contributed by atoms with Gasteiger partial charge in [0.05, 0.1) is 18.5 Å². The molecule has 25 heavy (non-hydrogen) atoms. The normalized spacial score (nSPS) is 31.0. The van der Waals surface area contributed by atoms with Gasteiger partial charge < -0.3 is 15.1 Å². The Labute approximate surface area is 151 Å². The molecule has 3 aliphatic rings. The molecule has 1 amide bonds. The van der Waals surface area contributed by atoms with Gasteiger partial charge in [-0.3, -0.25) is 4.79 Å². The van der Waals surface area contributed by atoms with Gasteiger partial charge in [-0.05, 0) is 16.8 Å². The summed E-state index contributed by atoms with van der Waals surface area (Å²) in [5, 5.41) is 31.3. The van der Waals surface area contributed by atoms with E-state index < -0.39 is 5.97 Å². The molecule has 2 N–H and O–H groups in total. The average molecular weight is 383 g/mol. The van der Waals surface area contributed by atoms with Crippen LogP contribution in [0.5, 0.6) is 0 Å². The highest BCUT2D eigenvalue weighted by atomic mass is 32.2. The Kier molecular flexibility index (Phi) is 4.24. The van der Waals surface area contributed by atoms with Crippen LogP contribution in [0.4, 0.5) is 0 Å². The van der Waals surface area contributed by atoms with Crippen molar-refractivity contribution in [3.05, 3.63) is 10.6 Å². The first-order chi connectivity index (χ1) is 12.0. The summed E-state index contributed by atoms with van der Waals surface area (Å²) in [6.45, 7) is 2.51. The maximum atomic E-state index is 12.3. The molecular formula is C14H17N5O4S2. The minimum atomic E-state index is -1.07. The van der Waals surface area contributed by atoms with Crippen LogP contribution in [-0.4, -0.2) is 70.8 Å². The molecule has 0 bridgehead atoms. The van der Waals surface area contributed by atoms with Crippen LogP contribution >= 0.6 is 23.5 Å². The maximum Gasteiger partial charge on any atom is 0.353 e. The second-order valence-electron chi connectivity index (χ2n) is 6.32. The Morgan fingerprint density at radius 1 is 1.48 bits per heavy atom. The number of β-lactam (4-membered cyclic amide) rings is 1. The second kappa shape index (κ2) is 6.29. The molecule has 1 fully saturated rings. The molecule has 134 valence electrons. The predicted octanol–water partition coefficient (Wildman–Crippen LogP) is 0.0359. The zero-order chi connectivity index (χ0) is 17.7. The van der Waals surface area contributed by atoms with Gasteiger partial charge in [-0.2, -0.15) is 0 Å². The number of rotatable bonds is 5. The highest BCUT2D eigenvalue weighted by Gasteiger charge is 2.58. The molecule has 4 rings (SSSR count). The van der Waals surface area contributed by atoms with Crippen molar-refractivity contribution in [3.63, 3.8) is 0 Å². The second-order valence-corrected chi connectivity index (χ2v) is 8.65. The molecule has 0 saturated carbocycles. The van der Waals surface area contributed by atoms with Gasteiger partial charge in [-0.15, -0.1) is 16.9 Å². The van der Waals surface area contributed by atoms with Crippen LogP contribution in [0.2, 0.25) is 0 Å². The van der Waals surface area contributed by atoms with Crippen LogP contribution in [-0.2, 0) is 16.1 Å². The van der Waals surface area contributed by atoms with E-state index in [1.807, 2.05) is 6.92 Å². The van der Waals surface area contributed by atoms with E-state index in [9.17, 15) is 19.8 Å². The number of carboxylic acid groups (broad SMARTS) is 1. The van der Waals surface area contributed by atoms with E-state index in [0.717, 1.165) is 15.8 Å². The minimum absolute atomic E-state index is 0.0504. The fourth-order valence-electron chi connectivity index (χ4n) is 3.77. The topological polar surface area (TPSA) is 121 Å². The molecule has 4 heterocycles. The average Bonchev–Trinajstić information content (AvgIpc) is 3.14. The Morgan fingerprint density at radius 2 is 2.28 bits per heavy atom.